The first-order chi connectivity index (χ1) is 18.6. The highest BCUT2D eigenvalue weighted by molar-refractivity contribution is 6.14. The molecule has 1 N–H and O–H groups in total. The average Bonchev–Trinajstić information content (AvgIpc) is 3.11. The first-order valence-corrected chi connectivity index (χ1v) is 13.4. The molecule has 1 heterocycles. The molecular formula is C29H37F3N2O6. The van der Waals surface area contributed by atoms with Gasteiger partial charge in [0.15, 0.2) is 17.3 Å². The van der Waals surface area contributed by atoms with Crippen molar-refractivity contribution in [2.75, 3.05) is 21.3 Å². The number of amides is 2. The number of hydrogen-bond donors (Lipinski definition) is 1. The standard InChI is InChI=1S/C29H37F3N2O6/c1-15-9-8-10-18(16(15)2)34-19-13-27(3,4)14-20(35)23(19)28(26(34)37,29(30,31)32)33-25(36)17-11-21(38-5)24(40-7)22(12-17)39-6/h11-12,15-16,18H,8-10,13-14H2,1-7H3,(H,33,36)/t15-,16+,18-,28+/m1/s1. The number of ketones is 1. The van der Waals surface area contributed by atoms with E-state index in [2.05, 4.69) is 0 Å². The molecule has 1 aromatic rings. The van der Waals surface area contributed by atoms with Crippen LogP contribution in [0.2, 0.25) is 0 Å². The number of methoxy groups -OCH3 is 3. The molecule has 11 heteroatoms. The van der Waals surface area contributed by atoms with Crippen LogP contribution in [-0.4, -0.2) is 61.6 Å². The summed E-state index contributed by atoms with van der Waals surface area (Å²) in [5.41, 5.74) is -5.03. The highest BCUT2D eigenvalue weighted by Gasteiger charge is 2.72. The summed E-state index contributed by atoms with van der Waals surface area (Å²) in [5.74, 6) is -3.00. The number of alkyl halides is 3. The molecule has 1 aromatic carbocycles. The minimum atomic E-state index is -5.30. The van der Waals surface area contributed by atoms with E-state index in [-0.39, 0.29) is 53.2 Å². The van der Waals surface area contributed by atoms with Crippen LogP contribution >= 0.6 is 0 Å². The number of carbonyl (C=O) groups excluding carboxylic acids is 3. The first-order valence-electron chi connectivity index (χ1n) is 13.4. The van der Waals surface area contributed by atoms with E-state index in [1.54, 1.807) is 13.8 Å². The summed E-state index contributed by atoms with van der Waals surface area (Å²) < 4.78 is 61.6. The Labute approximate surface area is 232 Å². The van der Waals surface area contributed by atoms with Crippen molar-refractivity contribution >= 4 is 17.6 Å². The predicted octanol–water partition coefficient (Wildman–Crippen LogP) is 5.05. The number of carbonyl (C=O) groups is 3. The number of nitrogens with one attached hydrogen (secondary N) is 1. The van der Waals surface area contributed by atoms with Crippen LogP contribution in [0.15, 0.2) is 23.4 Å². The molecule has 220 valence electrons. The Kier molecular flexibility index (Phi) is 7.66. The summed E-state index contributed by atoms with van der Waals surface area (Å²) in [6, 6.07) is 1.87. The van der Waals surface area contributed by atoms with Gasteiger partial charge in [-0.3, -0.25) is 14.4 Å². The molecular weight excluding hydrogens is 529 g/mol. The molecule has 2 amide bonds. The van der Waals surface area contributed by atoms with Gasteiger partial charge in [-0.25, -0.2) is 0 Å². The monoisotopic (exact) mass is 566 g/mol. The van der Waals surface area contributed by atoms with E-state index in [1.165, 1.54) is 38.4 Å². The molecule has 2 aliphatic carbocycles. The number of nitrogens with zero attached hydrogens (tertiary/aromatic N) is 1. The Morgan fingerprint density at radius 3 is 2.12 bits per heavy atom. The van der Waals surface area contributed by atoms with Crippen molar-refractivity contribution in [3.8, 4) is 17.2 Å². The fourth-order valence-corrected chi connectivity index (χ4v) is 6.50. The maximum atomic E-state index is 15.3. The molecule has 0 radical (unpaired) electrons. The number of Topliss-reactive ketones (excluding diaryl/α,β-unsaturated/α-hetero) is 1. The number of rotatable bonds is 6. The van der Waals surface area contributed by atoms with Crippen molar-refractivity contribution in [3.63, 3.8) is 0 Å². The van der Waals surface area contributed by atoms with Crippen LogP contribution in [0.4, 0.5) is 13.2 Å². The van der Waals surface area contributed by atoms with Gasteiger partial charge in [-0.1, -0.05) is 40.5 Å². The maximum absolute atomic E-state index is 15.3. The SMILES string of the molecule is COc1cc(C(=O)N[C@]2(C(F)(F)F)C(=O)N([C@@H]3CCC[C@@H](C)[C@@H]3C)C3=C2C(=O)CC(C)(C)C3)cc(OC)c1OC. The number of benzene rings is 1. The van der Waals surface area contributed by atoms with Crippen molar-refractivity contribution in [1.82, 2.24) is 10.2 Å². The number of allylic oxidation sites excluding steroid dienone is 1. The van der Waals surface area contributed by atoms with Crippen molar-refractivity contribution in [2.24, 2.45) is 17.3 Å². The van der Waals surface area contributed by atoms with E-state index in [1.807, 2.05) is 19.2 Å². The van der Waals surface area contributed by atoms with Gasteiger partial charge in [0.05, 0.1) is 26.9 Å². The number of halogens is 3. The van der Waals surface area contributed by atoms with Gasteiger partial charge in [0, 0.05) is 23.7 Å². The highest BCUT2D eigenvalue weighted by Crippen LogP contribution is 2.54. The third-order valence-corrected chi connectivity index (χ3v) is 8.71. The number of hydrogen-bond acceptors (Lipinski definition) is 6. The van der Waals surface area contributed by atoms with Gasteiger partial charge in [-0.15, -0.1) is 0 Å². The smallest absolute Gasteiger partial charge is 0.425 e. The summed E-state index contributed by atoms with van der Waals surface area (Å²) in [6.45, 7) is 7.55. The molecule has 0 spiro atoms. The Hall–Kier alpha value is -3.24. The minimum Gasteiger partial charge on any atom is -0.493 e. The molecule has 4 rings (SSSR count). The minimum absolute atomic E-state index is 0.0489. The summed E-state index contributed by atoms with van der Waals surface area (Å²) >= 11 is 0. The van der Waals surface area contributed by atoms with E-state index in [0.717, 1.165) is 12.8 Å². The third kappa shape index (κ3) is 4.60. The molecule has 40 heavy (non-hydrogen) atoms. The van der Waals surface area contributed by atoms with Gasteiger partial charge < -0.3 is 24.4 Å². The fourth-order valence-electron chi connectivity index (χ4n) is 6.50. The zero-order valence-electron chi connectivity index (χ0n) is 24.0. The van der Waals surface area contributed by atoms with Gasteiger partial charge in [0.1, 0.15) is 0 Å². The van der Waals surface area contributed by atoms with Gasteiger partial charge in [-0.05, 0) is 42.2 Å². The lowest BCUT2D eigenvalue weighted by Gasteiger charge is -2.43. The van der Waals surface area contributed by atoms with Gasteiger partial charge >= 0.3 is 6.18 Å². The normalized spacial score (nSPS) is 28.4. The second-order valence-corrected chi connectivity index (χ2v) is 11.9. The zero-order chi connectivity index (χ0) is 29.8. The second kappa shape index (κ2) is 10.3. The Balaban J connectivity index is 1.90. The van der Waals surface area contributed by atoms with E-state index >= 15 is 13.2 Å². The van der Waals surface area contributed by atoms with Crippen LogP contribution in [0.25, 0.3) is 0 Å². The molecule has 1 saturated carbocycles. The second-order valence-electron chi connectivity index (χ2n) is 11.9. The molecule has 4 atom stereocenters. The first kappa shape index (κ1) is 29.7. The quantitative estimate of drug-likeness (QED) is 0.518. The van der Waals surface area contributed by atoms with Crippen molar-refractivity contribution in [1.29, 1.82) is 0 Å². The topological polar surface area (TPSA) is 94.2 Å². The zero-order valence-corrected chi connectivity index (χ0v) is 24.0. The molecule has 0 saturated heterocycles. The van der Waals surface area contributed by atoms with Crippen LogP contribution in [0.3, 0.4) is 0 Å². The van der Waals surface area contributed by atoms with Gasteiger partial charge in [-0.2, -0.15) is 13.2 Å². The van der Waals surface area contributed by atoms with Crippen LogP contribution in [-0.2, 0) is 9.59 Å². The lowest BCUT2D eigenvalue weighted by Crippen LogP contribution is -2.67. The van der Waals surface area contributed by atoms with E-state index in [4.69, 9.17) is 14.2 Å². The summed E-state index contributed by atoms with van der Waals surface area (Å²) in [5, 5.41) is 2.00. The Morgan fingerprint density at radius 1 is 1.00 bits per heavy atom. The van der Waals surface area contributed by atoms with Crippen LogP contribution in [0.5, 0.6) is 17.2 Å². The van der Waals surface area contributed by atoms with Gasteiger partial charge in [0.25, 0.3) is 11.8 Å². The molecule has 8 nitrogen and oxygen atoms in total. The largest absolute Gasteiger partial charge is 0.493 e. The maximum Gasteiger partial charge on any atom is 0.425 e. The molecule has 1 fully saturated rings. The van der Waals surface area contributed by atoms with Crippen molar-refractivity contribution < 1.29 is 41.8 Å². The molecule has 0 aromatic heterocycles. The lowest BCUT2D eigenvalue weighted by molar-refractivity contribution is -0.192. The molecule has 0 bridgehead atoms. The summed E-state index contributed by atoms with van der Waals surface area (Å²) in [6.07, 6.45) is -3.21. The van der Waals surface area contributed by atoms with Crippen molar-refractivity contribution in [3.05, 3.63) is 29.0 Å². The van der Waals surface area contributed by atoms with Crippen LogP contribution < -0.4 is 19.5 Å². The highest BCUT2D eigenvalue weighted by atomic mass is 19.4. The Morgan fingerprint density at radius 2 is 1.60 bits per heavy atom. The summed E-state index contributed by atoms with van der Waals surface area (Å²) in [4.78, 5) is 42.5. The average molecular weight is 567 g/mol. The van der Waals surface area contributed by atoms with E-state index < -0.39 is 46.3 Å². The molecule has 1 aliphatic heterocycles. The van der Waals surface area contributed by atoms with E-state index in [9.17, 15) is 14.4 Å². The molecule has 3 aliphatic rings. The molecule has 0 unspecified atom stereocenters. The lowest BCUT2D eigenvalue weighted by atomic mass is 9.72. The fraction of sp³-hybridized carbons (Fsp3) is 0.621. The number of ether oxygens (including phenoxy) is 3. The third-order valence-electron chi connectivity index (χ3n) is 8.71. The Bertz CT molecular complexity index is 1230. The van der Waals surface area contributed by atoms with E-state index in [0.29, 0.717) is 6.42 Å². The van der Waals surface area contributed by atoms with Crippen molar-refractivity contribution in [2.45, 2.75) is 77.6 Å². The van der Waals surface area contributed by atoms with Crippen LogP contribution in [0, 0.1) is 17.3 Å². The predicted molar refractivity (Wildman–Crippen MR) is 140 cm³/mol. The summed E-state index contributed by atoms with van der Waals surface area (Å²) in [7, 11) is 3.96. The van der Waals surface area contributed by atoms with Crippen LogP contribution in [0.1, 0.15) is 70.2 Å². The van der Waals surface area contributed by atoms with Gasteiger partial charge in [0.2, 0.25) is 11.3 Å².